The number of amides is 1. The quantitative estimate of drug-likeness (QED) is 0.378. The number of hydrogen-bond acceptors (Lipinski definition) is 6. The summed E-state index contributed by atoms with van der Waals surface area (Å²) in [5, 5.41) is 12.0. The van der Waals surface area contributed by atoms with Gasteiger partial charge >= 0.3 is 0 Å². The molecular weight excluding hydrogens is 412 g/mol. The molecule has 0 radical (unpaired) electrons. The number of nitrogens with zero attached hydrogens (tertiary/aromatic N) is 3. The van der Waals surface area contributed by atoms with Gasteiger partial charge in [-0.1, -0.05) is 29.5 Å². The summed E-state index contributed by atoms with van der Waals surface area (Å²) in [4.78, 5) is 24.7. The molecule has 1 N–H and O–H groups in total. The molecule has 0 bridgehead atoms. The van der Waals surface area contributed by atoms with Crippen molar-refractivity contribution in [3.8, 4) is 5.75 Å². The van der Waals surface area contributed by atoms with Crippen LogP contribution in [0, 0.1) is 6.92 Å². The van der Waals surface area contributed by atoms with Gasteiger partial charge in [-0.25, -0.2) is 0 Å². The highest BCUT2D eigenvalue weighted by Crippen LogP contribution is 2.20. The highest BCUT2D eigenvalue weighted by Gasteiger charge is 2.15. The molecule has 7 nitrogen and oxygen atoms in total. The Morgan fingerprint density at radius 3 is 2.42 bits per heavy atom. The smallest absolute Gasteiger partial charge is 0.224 e. The van der Waals surface area contributed by atoms with Crippen LogP contribution in [0.25, 0.3) is 0 Å². The van der Waals surface area contributed by atoms with Crippen LogP contribution in [0.5, 0.6) is 5.75 Å². The molecule has 31 heavy (non-hydrogen) atoms. The number of ether oxygens (including phenoxy) is 1. The van der Waals surface area contributed by atoms with Crippen LogP contribution in [-0.4, -0.2) is 39.3 Å². The van der Waals surface area contributed by atoms with Crippen LogP contribution in [0.3, 0.4) is 0 Å². The van der Waals surface area contributed by atoms with E-state index in [1.807, 2.05) is 42.7 Å². The zero-order valence-electron chi connectivity index (χ0n) is 17.9. The van der Waals surface area contributed by atoms with Crippen molar-refractivity contribution in [3.63, 3.8) is 0 Å². The molecule has 3 aromatic rings. The number of carbonyl (C=O) groups excluding carboxylic acids is 2. The van der Waals surface area contributed by atoms with E-state index in [2.05, 4.69) is 15.5 Å². The molecule has 8 heteroatoms. The average molecular weight is 439 g/mol. The third-order valence-corrected chi connectivity index (χ3v) is 5.73. The minimum Gasteiger partial charge on any atom is -0.497 e. The highest BCUT2D eigenvalue weighted by atomic mass is 32.2. The molecule has 1 heterocycles. The van der Waals surface area contributed by atoms with Gasteiger partial charge in [0.25, 0.3) is 0 Å². The van der Waals surface area contributed by atoms with Gasteiger partial charge in [-0.15, -0.1) is 10.2 Å². The Balaban J connectivity index is 1.55. The number of hydrogen-bond donors (Lipinski definition) is 1. The number of thioether (sulfide) groups is 1. The van der Waals surface area contributed by atoms with Crippen molar-refractivity contribution in [2.45, 2.75) is 38.4 Å². The number of benzene rings is 2. The summed E-state index contributed by atoms with van der Waals surface area (Å²) in [5.41, 5.74) is 2.55. The summed E-state index contributed by atoms with van der Waals surface area (Å²) >= 11 is 1.35. The Bertz CT molecular complexity index is 1030. The van der Waals surface area contributed by atoms with Gasteiger partial charge in [-0.05, 0) is 50.2 Å². The van der Waals surface area contributed by atoms with E-state index in [4.69, 9.17) is 4.74 Å². The summed E-state index contributed by atoms with van der Waals surface area (Å²) in [7, 11) is 1.59. The average Bonchev–Trinajstić information content (AvgIpc) is 3.19. The van der Waals surface area contributed by atoms with Gasteiger partial charge in [0, 0.05) is 30.6 Å². The van der Waals surface area contributed by atoms with E-state index < -0.39 is 0 Å². The molecular formula is C23H26N4O3S. The zero-order valence-corrected chi connectivity index (χ0v) is 18.7. The third kappa shape index (κ3) is 6.18. The second kappa shape index (κ2) is 10.8. The monoisotopic (exact) mass is 438 g/mol. The first-order valence-electron chi connectivity index (χ1n) is 10.1. The molecule has 0 saturated heterocycles. The number of nitrogens with one attached hydrogen (secondary N) is 1. The fraction of sp³-hybridized carbons (Fsp3) is 0.304. The number of carbonyl (C=O) groups is 2. The molecule has 0 unspecified atom stereocenters. The van der Waals surface area contributed by atoms with Gasteiger partial charge in [0.1, 0.15) is 11.6 Å². The van der Waals surface area contributed by atoms with Gasteiger partial charge in [0.2, 0.25) is 5.91 Å². The van der Waals surface area contributed by atoms with Crippen LogP contribution in [-0.2, 0) is 17.8 Å². The molecule has 0 saturated carbocycles. The number of methoxy groups -OCH3 is 1. The maximum atomic E-state index is 12.5. The van der Waals surface area contributed by atoms with Gasteiger partial charge < -0.3 is 14.6 Å². The van der Waals surface area contributed by atoms with Crippen molar-refractivity contribution < 1.29 is 14.3 Å². The van der Waals surface area contributed by atoms with Crippen molar-refractivity contribution in [1.82, 2.24) is 14.8 Å². The lowest BCUT2D eigenvalue weighted by atomic mass is 10.1. The summed E-state index contributed by atoms with van der Waals surface area (Å²) in [6.07, 6.45) is 0.785. The third-order valence-electron chi connectivity index (χ3n) is 4.77. The number of aryl methyl sites for hydroxylation is 2. The number of ketones is 1. The van der Waals surface area contributed by atoms with E-state index in [1.165, 1.54) is 11.8 Å². The zero-order chi connectivity index (χ0) is 22.2. The Kier molecular flexibility index (Phi) is 7.83. The normalized spacial score (nSPS) is 10.7. The topological polar surface area (TPSA) is 86.1 Å². The van der Waals surface area contributed by atoms with Crippen LogP contribution >= 0.6 is 11.8 Å². The first-order chi connectivity index (χ1) is 15.0. The molecule has 0 fully saturated rings. The van der Waals surface area contributed by atoms with Crippen LogP contribution < -0.4 is 10.1 Å². The van der Waals surface area contributed by atoms with Crippen LogP contribution in [0.2, 0.25) is 0 Å². The minimum absolute atomic E-state index is 0.0114. The molecule has 0 aliphatic rings. The minimum atomic E-state index is -0.0709. The summed E-state index contributed by atoms with van der Waals surface area (Å²) < 4.78 is 7.07. The summed E-state index contributed by atoms with van der Waals surface area (Å²) in [6.45, 7) is 4.67. The second-order valence-electron chi connectivity index (χ2n) is 7.00. The number of rotatable bonds is 10. The lowest BCUT2D eigenvalue weighted by Crippen LogP contribution is -2.14. The summed E-state index contributed by atoms with van der Waals surface area (Å²) in [6, 6.07) is 14.7. The molecule has 0 spiro atoms. The molecule has 0 atom stereocenters. The molecule has 1 amide bonds. The van der Waals surface area contributed by atoms with Crippen molar-refractivity contribution >= 4 is 29.1 Å². The van der Waals surface area contributed by atoms with E-state index in [1.54, 1.807) is 31.4 Å². The molecule has 3 rings (SSSR count). The fourth-order valence-electron chi connectivity index (χ4n) is 3.00. The largest absolute Gasteiger partial charge is 0.497 e. The Labute approximate surface area is 186 Å². The second-order valence-corrected chi connectivity index (χ2v) is 7.94. The lowest BCUT2D eigenvalue weighted by Gasteiger charge is -2.08. The number of anilines is 1. The maximum absolute atomic E-state index is 12.5. The molecule has 0 aliphatic carbocycles. The van der Waals surface area contributed by atoms with E-state index in [-0.39, 0.29) is 17.4 Å². The van der Waals surface area contributed by atoms with Crippen LogP contribution in [0.1, 0.15) is 35.1 Å². The van der Waals surface area contributed by atoms with E-state index >= 15 is 0 Å². The van der Waals surface area contributed by atoms with Crippen LogP contribution in [0.15, 0.2) is 53.7 Å². The standard InChI is InChI=1S/C23H26N4O3S/c1-4-27-21(13-14-22(29)24-18-9-5-16(2)6-10-18)25-26-23(27)31-15-20(28)17-7-11-19(30-3)12-8-17/h5-12H,4,13-15H2,1-3H3,(H,24,29). The van der Waals surface area contributed by atoms with Gasteiger partial charge in [0.15, 0.2) is 10.9 Å². The number of aromatic nitrogens is 3. The fourth-order valence-corrected chi connectivity index (χ4v) is 3.92. The summed E-state index contributed by atoms with van der Waals surface area (Å²) in [5.74, 6) is 1.65. The van der Waals surface area contributed by atoms with Crippen molar-refractivity contribution in [2.75, 3.05) is 18.2 Å². The molecule has 0 aliphatic heterocycles. The predicted octanol–water partition coefficient (Wildman–Crippen LogP) is 4.16. The molecule has 2 aromatic carbocycles. The first-order valence-corrected chi connectivity index (χ1v) is 11.1. The number of Topliss-reactive ketones (excluding diaryl/α,β-unsaturated/α-hetero) is 1. The first kappa shape index (κ1) is 22.6. The predicted molar refractivity (Wildman–Crippen MR) is 122 cm³/mol. The SMILES string of the molecule is CCn1c(CCC(=O)Nc2ccc(C)cc2)nnc1SCC(=O)c1ccc(OC)cc1. The molecule has 162 valence electrons. The Hall–Kier alpha value is -3.13. The van der Waals surface area contributed by atoms with Gasteiger partial charge in [-0.2, -0.15) is 0 Å². The van der Waals surface area contributed by atoms with Gasteiger partial charge in [0.05, 0.1) is 12.9 Å². The van der Waals surface area contributed by atoms with Crippen molar-refractivity contribution in [1.29, 1.82) is 0 Å². The van der Waals surface area contributed by atoms with E-state index in [0.29, 0.717) is 35.9 Å². The van der Waals surface area contributed by atoms with Gasteiger partial charge in [-0.3, -0.25) is 9.59 Å². The van der Waals surface area contributed by atoms with E-state index in [0.717, 1.165) is 17.1 Å². The Morgan fingerprint density at radius 1 is 1.06 bits per heavy atom. The van der Waals surface area contributed by atoms with E-state index in [9.17, 15) is 9.59 Å². The Morgan fingerprint density at radius 2 is 1.77 bits per heavy atom. The lowest BCUT2D eigenvalue weighted by molar-refractivity contribution is -0.116. The van der Waals surface area contributed by atoms with Crippen LogP contribution in [0.4, 0.5) is 5.69 Å². The van der Waals surface area contributed by atoms with Crippen molar-refractivity contribution in [2.24, 2.45) is 0 Å². The van der Waals surface area contributed by atoms with Crippen molar-refractivity contribution in [3.05, 3.63) is 65.5 Å². The maximum Gasteiger partial charge on any atom is 0.224 e. The highest BCUT2D eigenvalue weighted by molar-refractivity contribution is 7.99. The molecule has 1 aromatic heterocycles.